The molecule has 0 aliphatic carbocycles. The van der Waals surface area contributed by atoms with Gasteiger partial charge in [-0.15, -0.1) is 0 Å². The molecule has 130 valence electrons. The minimum absolute atomic E-state index is 0.0997. The fourth-order valence-electron chi connectivity index (χ4n) is 2.29. The zero-order valence-electron chi connectivity index (χ0n) is 14.1. The lowest BCUT2D eigenvalue weighted by Crippen LogP contribution is -2.49. The molecule has 3 N–H and O–H groups in total. The van der Waals surface area contributed by atoms with Crippen LogP contribution in [0.2, 0.25) is 0 Å². The van der Waals surface area contributed by atoms with Crippen LogP contribution in [-0.2, 0) is 11.2 Å². The van der Waals surface area contributed by atoms with E-state index in [4.69, 9.17) is 10.2 Å². The van der Waals surface area contributed by atoms with Gasteiger partial charge in [-0.3, -0.25) is 4.79 Å². The molecule has 0 aliphatic rings. The van der Waals surface area contributed by atoms with Gasteiger partial charge < -0.3 is 15.5 Å². The first-order valence-corrected chi connectivity index (χ1v) is 8.22. The van der Waals surface area contributed by atoms with Gasteiger partial charge in [-0.1, -0.05) is 26.0 Å². The van der Waals surface area contributed by atoms with Gasteiger partial charge in [-0.25, -0.2) is 9.37 Å². The Balaban J connectivity index is 1.87. The van der Waals surface area contributed by atoms with E-state index in [9.17, 15) is 9.18 Å². The van der Waals surface area contributed by atoms with E-state index in [-0.39, 0.29) is 23.7 Å². The molecule has 0 saturated carbocycles. The Labute approximate surface area is 141 Å². The molecule has 5 nitrogen and oxygen atoms in total. The number of aromatic nitrogens is 1. The number of nitrogens with one attached hydrogen (secondary N) is 1. The summed E-state index contributed by atoms with van der Waals surface area (Å²) in [6.45, 7) is 4.46. The van der Waals surface area contributed by atoms with Crippen molar-refractivity contribution in [2.45, 2.75) is 45.1 Å². The zero-order chi connectivity index (χ0) is 17.6. The van der Waals surface area contributed by atoms with E-state index >= 15 is 0 Å². The van der Waals surface area contributed by atoms with Crippen molar-refractivity contribution in [3.8, 4) is 11.3 Å². The maximum absolute atomic E-state index is 13.7. The summed E-state index contributed by atoms with van der Waals surface area (Å²) in [5, 5.41) is 2.85. The number of benzene rings is 1. The van der Waals surface area contributed by atoms with Crippen molar-refractivity contribution in [2.24, 2.45) is 5.73 Å². The second-order valence-electron chi connectivity index (χ2n) is 5.94. The van der Waals surface area contributed by atoms with Crippen molar-refractivity contribution < 1.29 is 13.6 Å². The molecule has 1 aromatic heterocycles. The number of amides is 1. The highest BCUT2D eigenvalue weighted by atomic mass is 19.1. The number of carbonyl (C=O) groups excluding carboxylic acids is 1. The molecule has 0 aliphatic heterocycles. The highest BCUT2D eigenvalue weighted by Gasteiger charge is 2.21. The van der Waals surface area contributed by atoms with Crippen molar-refractivity contribution >= 4 is 5.91 Å². The lowest BCUT2D eigenvalue weighted by atomic mass is 9.94. The number of rotatable bonds is 8. The third-order valence-electron chi connectivity index (χ3n) is 4.30. The van der Waals surface area contributed by atoms with E-state index in [1.54, 1.807) is 18.2 Å². The van der Waals surface area contributed by atoms with Crippen LogP contribution in [0, 0.1) is 5.82 Å². The number of halogens is 1. The van der Waals surface area contributed by atoms with Gasteiger partial charge in [0.05, 0.1) is 11.8 Å². The molecule has 6 heteroatoms. The molecule has 0 saturated heterocycles. The van der Waals surface area contributed by atoms with E-state index in [1.807, 2.05) is 13.8 Å². The fraction of sp³-hybridized carbons (Fsp3) is 0.444. The van der Waals surface area contributed by atoms with E-state index in [2.05, 4.69) is 10.3 Å². The van der Waals surface area contributed by atoms with Gasteiger partial charge >= 0.3 is 0 Å². The number of hydrogen-bond acceptors (Lipinski definition) is 4. The number of hydrogen-bond donors (Lipinski definition) is 2. The topological polar surface area (TPSA) is 81.1 Å². The normalized spacial score (nSPS) is 11.5. The van der Waals surface area contributed by atoms with Gasteiger partial charge in [-0.2, -0.15) is 0 Å². The molecule has 0 bridgehead atoms. The molecule has 2 rings (SSSR count). The van der Waals surface area contributed by atoms with E-state index < -0.39 is 0 Å². The molecule has 0 radical (unpaired) electrons. The third-order valence-corrected chi connectivity index (χ3v) is 4.30. The van der Waals surface area contributed by atoms with Gasteiger partial charge in [0, 0.05) is 24.9 Å². The quantitative estimate of drug-likeness (QED) is 0.778. The summed E-state index contributed by atoms with van der Waals surface area (Å²) < 4.78 is 19.2. The summed E-state index contributed by atoms with van der Waals surface area (Å²) in [5.41, 5.74) is 6.15. The Bertz CT molecular complexity index is 680. The smallest absolute Gasteiger partial charge is 0.220 e. The average Bonchev–Trinajstić information content (AvgIpc) is 3.07. The van der Waals surface area contributed by atoms with Gasteiger partial charge in [0.1, 0.15) is 5.82 Å². The summed E-state index contributed by atoms with van der Waals surface area (Å²) in [6, 6.07) is 6.34. The van der Waals surface area contributed by atoms with Crippen LogP contribution in [0.5, 0.6) is 0 Å². The van der Waals surface area contributed by atoms with Crippen LogP contribution in [-0.4, -0.2) is 23.0 Å². The van der Waals surface area contributed by atoms with Crippen molar-refractivity contribution in [1.82, 2.24) is 10.3 Å². The van der Waals surface area contributed by atoms with Crippen LogP contribution in [0.4, 0.5) is 4.39 Å². The van der Waals surface area contributed by atoms with Crippen LogP contribution in [0.15, 0.2) is 34.9 Å². The Hall–Kier alpha value is -2.21. The summed E-state index contributed by atoms with van der Waals surface area (Å²) >= 11 is 0. The number of aryl methyl sites for hydroxylation is 1. The highest BCUT2D eigenvalue weighted by molar-refractivity contribution is 5.76. The number of nitrogens with two attached hydrogens (primary N) is 1. The van der Waals surface area contributed by atoms with Crippen LogP contribution in [0.1, 0.15) is 39.0 Å². The van der Waals surface area contributed by atoms with Crippen LogP contribution < -0.4 is 11.1 Å². The summed E-state index contributed by atoms with van der Waals surface area (Å²) in [4.78, 5) is 16.0. The SMILES string of the molecule is CCC(N)(CC)CNC(=O)CCc1ncc(-c2ccccc2F)o1. The Morgan fingerprint density at radius 3 is 2.71 bits per heavy atom. The van der Waals surface area contributed by atoms with Crippen molar-refractivity contribution in [1.29, 1.82) is 0 Å². The summed E-state index contributed by atoms with van der Waals surface area (Å²) in [6.07, 6.45) is 3.69. The van der Waals surface area contributed by atoms with Gasteiger partial charge in [0.25, 0.3) is 0 Å². The molecular weight excluding hydrogens is 309 g/mol. The fourth-order valence-corrected chi connectivity index (χ4v) is 2.29. The second-order valence-corrected chi connectivity index (χ2v) is 5.94. The monoisotopic (exact) mass is 333 g/mol. The predicted octanol–water partition coefficient (Wildman–Crippen LogP) is 3.05. The van der Waals surface area contributed by atoms with Crippen LogP contribution in [0.25, 0.3) is 11.3 Å². The van der Waals surface area contributed by atoms with Gasteiger partial charge in [0.15, 0.2) is 11.7 Å². The molecule has 0 spiro atoms. The average molecular weight is 333 g/mol. The lowest BCUT2D eigenvalue weighted by Gasteiger charge is -2.26. The maximum Gasteiger partial charge on any atom is 0.220 e. The number of carbonyl (C=O) groups is 1. The molecule has 1 aromatic carbocycles. The largest absolute Gasteiger partial charge is 0.441 e. The summed E-state index contributed by atoms with van der Waals surface area (Å²) in [7, 11) is 0. The Morgan fingerprint density at radius 1 is 1.33 bits per heavy atom. The highest BCUT2D eigenvalue weighted by Crippen LogP contribution is 2.23. The van der Waals surface area contributed by atoms with E-state index in [0.717, 1.165) is 12.8 Å². The minimum Gasteiger partial charge on any atom is -0.441 e. The molecular formula is C18H24FN3O2. The lowest BCUT2D eigenvalue weighted by molar-refractivity contribution is -0.121. The Morgan fingerprint density at radius 2 is 2.04 bits per heavy atom. The summed E-state index contributed by atoms with van der Waals surface area (Å²) in [5.74, 6) is 0.309. The number of oxazole rings is 1. The van der Waals surface area contributed by atoms with E-state index in [1.165, 1.54) is 12.3 Å². The first kappa shape index (κ1) is 18.1. The molecule has 1 heterocycles. The predicted molar refractivity (Wildman–Crippen MR) is 90.7 cm³/mol. The molecule has 24 heavy (non-hydrogen) atoms. The van der Waals surface area contributed by atoms with Gasteiger partial charge in [-0.05, 0) is 25.0 Å². The second kappa shape index (κ2) is 8.06. The molecule has 0 atom stereocenters. The Kier molecular flexibility index (Phi) is 6.09. The van der Waals surface area contributed by atoms with Crippen LogP contribution in [0.3, 0.4) is 0 Å². The van der Waals surface area contributed by atoms with E-state index in [0.29, 0.717) is 30.2 Å². The minimum atomic E-state index is -0.364. The standard InChI is InChI=1S/C18H24FN3O2/c1-3-18(20,4-2)12-22-16(23)9-10-17-21-11-15(24-17)13-7-5-6-8-14(13)19/h5-8,11H,3-4,9-10,12,20H2,1-2H3,(H,22,23). The third kappa shape index (κ3) is 4.64. The van der Waals surface area contributed by atoms with Crippen molar-refractivity contribution in [3.63, 3.8) is 0 Å². The molecule has 2 aromatic rings. The molecule has 1 amide bonds. The van der Waals surface area contributed by atoms with Crippen molar-refractivity contribution in [2.75, 3.05) is 6.54 Å². The molecule has 0 fully saturated rings. The molecule has 0 unspecified atom stereocenters. The number of nitrogens with zero attached hydrogens (tertiary/aromatic N) is 1. The van der Waals surface area contributed by atoms with Crippen LogP contribution >= 0.6 is 0 Å². The van der Waals surface area contributed by atoms with Crippen molar-refractivity contribution in [3.05, 3.63) is 42.2 Å². The first-order valence-electron chi connectivity index (χ1n) is 8.22. The maximum atomic E-state index is 13.7. The first-order chi connectivity index (χ1) is 11.5. The zero-order valence-corrected chi connectivity index (χ0v) is 14.1. The van der Waals surface area contributed by atoms with Gasteiger partial charge in [0.2, 0.25) is 5.91 Å².